The third-order valence-corrected chi connectivity index (χ3v) is 3.76. The third-order valence-electron chi connectivity index (χ3n) is 3.21. The summed E-state index contributed by atoms with van der Waals surface area (Å²) in [5, 5.41) is 5.15. The minimum atomic E-state index is 0.100. The molecule has 0 bridgehead atoms. The van der Waals surface area contributed by atoms with E-state index in [4.69, 9.17) is 17.3 Å². The van der Waals surface area contributed by atoms with Crippen LogP contribution in [0.2, 0.25) is 5.02 Å². The summed E-state index contributed by atoms with van der Waals surface area (Å²) in [5.74, 6) is 0. The van der Waals surface area contributed by atoms with Gasteiger partial charge in [-0.1, -0.05) is 30.7 Å². The average Bonchev–Trinajstić information content (AvgIpc) is 2.66. The van der Waals surface area contributed by atoms with Gasteiger partial charge < -0.3 is 5.73 Å². The SMILES string of the molecule is CC[C@H](N)c1ccc(-n2nc(C)c(Cl)c2C)cc1. The molecule has 1 atom stereocenters. The van der Waals surface area contributed by atoms with Crippen molar-refractivity contribution in [1.82, 2.24) is 9.78 Å². The molecule has 2 aromatic rings. The number of halogens is 1. The molecule has 96 valence electrons. The molecule has 0 radical (unpaired) electrons. The van der Waals surface area contributed by atoms with Crippen LogP contribution in [-0.2, 0) is 0 Å². The van der Waals surface area contributed by atoms with E-state index in [0.29, 0.717) is 0 Å². The standard InChI is InChI=1S/C14H18ClN3/c1-4-13(16)11-5-7-12(8-6-11)18-10(3)14(15)9(2)17-18/h5-8,13H,4,16H2,1-3H3/t13-/m0/s1. The fourth-order valence-electron chi connectivity index (χ4n) is 1.97. The lowest BCUT2D eigenvalue weighted by Gasteiger charge is -2.10. The first-order valence-corrected chi connectivity index (χ1v) is 6.50. The van der Waals surface area contributed by atoms with Gasteiger partial charge in [0.25, 0.3) is 0 Å². The van der Waals surface area contributed by atoms with E-state index in [1.165, 1.54) is 0 Å². The summed E-state index contributed by atoms with van der Waals surface area (Å²) in [7, 11) is 0. The topological polar surface area (TPSA) is 43.8 Å². The number of hydrogen-bond acceptors (Lipinski definition) is 2. The summed E-state index contributed by atoms with van der Waals surface area (Å²) in [5.41, 5.74) is 9.96. The zero-order valence-corrected chi connectivity index (χ0v) is 11.7. The second kappa shape index (κ2) is 5.12. The highest BCUT2D eigenvalue weighted by Crippen LogP contribution is 2.23. The van der Waals surface area contributed by atoms with E-state index in [-0.39, 0.29) is 6.04 Å². The lowest BCUT2D eigenvalue weighted by molar-refractivity contribution is 0.698. The Morgan fingerprint density at radius 3 is 2.33 bits per heavy atom. The monoisotopic (exact) mass is 263 g/mol. The average molecular weight is 264 g/mol. The highest BCUT2D eigenvalue weighted by atomic mass is 35.5. The molecule has 1 heterocycles. The molecular formula is C14H18ClN3. The van der Waals surface area contributed by atoms with E-state index in [9.17, 15) is 0 Å². The number of nitrogens with two attached hydrogens (primary N) is 1. The fraction of sp³-hybridized carbons (Fsp3) is 0.357. The molecule has 1 aromatic heterocycles. The summed E-state index contributed by atoms with van der Waals surface area (Å²) in [6.45, 7) is 5.96. The van der Waals surface area contributed by atoms with E-state index in [2.05, 4.69) is 12.0 Å². The van der Waals surface area contributed by atoms with E-state index < -0.39 is 0 Å². The summed E-state index contributed by atoms with van der Waals surface area (Å²) >= 11 is 6.15. The predicted molar refractivity (Wildman–Crippen MR) is 75.3 cm³/mol. The minimum Gasteiger partial charge on any atom is -0.324 e. The van der Waals surface area contributed by atoms with E-state index in [1.54, 1.807) is 0 Å². The van der Waals surface area contributed by atoms with Crippen molar-refractivity contribution in [2.75, 3.05) is 0 Å². The van der Waals surface area contributed by atoms with Gasteiger partial charge in [0.15, 0.2) is 0 Å². The lowest BCUT2D eigenvalue weighted by atomic mass is 10.1. The maximum atomic E-state index is 6.15. The molecule has 3 nitrogen and oxygen atoms in total. The van der Waals surface area contributed by atoms with Crippen molar-refractivity contribution in [2.24, 2.45) is 5.73 Å². The first-order valence-electron chi connectivity index (χ1n) is 6.12. The van der Waals surface area contributed by atoms with Gasteiger partial charge in [0.2, 0.25) is 0 Å². The molecule has 2 rings (SSSR count). The highest BCUT2D eigenvalue weighted by Gasteiger charge is 2.11. The van der Waals surface area contributed by atoms with E-state index in [0.717, 1.165) is 34.1 Å². The zero-order valence-electron chi connectivity index (χ0n) is 10.9. The molecule has 2 N–H and O–H groups in total. The van der Waals surface area contributed by atoms with Gasteiger partial charge in [-0.15, -0.1) is 0 Å². The molecule has 0 spiro atoms. The van der Waals surface area contributed by atoms with E-state index >= 15 is 0 Å². The maximum absolute atomic E-state index is 6.15. The first-order chi connectivity index (χ1) is 8.54. The molecule has 0 unspecified atom stereocenters. The van der Waals surface area contributed by atoms with Crippen molar-refractivity contribution in [3.05, 3.63) is 46.2 Å². The first kappa shape index (κ1) is 13.1. The molecule has 0 saturated heterocycles. The Labute approximate surface area is 113 Å². The van der Waals surface area contributed by atoms with Gasteiger partial charge in [0.1, 0.15) is 0 Å². The molecule has 18 heavy (non-hydrogen) atoms. The van der Waals surface area contributed by atoms with Gasteiger partial charge in [-0.3, -0.25) is 0 Å². The molecule has 0 fully saturated rings. The van der Waals surface area contributed by atoms with Gasteiger partial charge >= 0.3 is 0 Å². The Morgan fingerprint density at radius 2 is 1.89 bits per heavy atom. The van der Waals surface area contributed by atoms with Gasteiger partial charge in [-0.25, -0.2) is 4.68 Å². The van der Waals surface area contributed by atoms with Crippen LogP contribution in [0.5, 0.6) is 0 Å². The number of rotatable bonds is 3. The minimum absolute atomic E-state index is 0.100. The normalized spacial score (nSPS) is 12.7. The van der Waals surface area contributed by atoms with Gasteiger partial charge in [0.05, 0.1) is 22.1 Å². The summed E-state index contributed by atoms with van der Waals surface area (Å²) in [6, 6.07) is 8.26. The van der Waals surface area contributed by atoms with E-state index in [1.807, 2.05) is 42.8 Å². The second-order valence-corrected chi connectivity index (χ2v) is 4.88. The Morgan fingerprint density at radius 1 is 1.28 bits per heavy atom. The van der Waals surface area contributed by atoms with Crippen molar-refractivity contribution >= 4 is 11.6 Å². The number of hydrogen-bond donors (Lipinski definition) is 1. The number of aryl methyl sites for hydroxylation is 1. The van der Waals surface area contributed by atoms with Gasteiger partial charge in [-0.2, -0.15) is 5.10 Å². The van der Waals surface area contributed by atoms with Crippen LogP contribution in [0.1, 0.15) is 36.3 Å². The largest absolute Gasteiger partial charge is 0.324 e. The molecule has 0 aliphatic carbocycles. The lowest BCUT2D eigenvalue weighted by Crippen LogP contribution is -2.08. The molecule has 4 heteroatoms. The molecule has 0 aliphatic heterocycles. The van der Waals surface area contributed by atoms with Crippen LogP contribution >= 0.6 is 11.6 Å². The Bertz CT molecular complexity index is 543. The molecule has 0 amide bonds. The summed E-state index contributed by atoms with van der Waals surface area (Å²) < 4.78 is 1.86. The Kier molecular flexibility index (Phi) is 3.73. The van der Waals surface area contributed by atoms with Crippen LogP contribution in [0.4, 0.5) is 0 Å². The summed E-state index contributed by atoms with van der Waals surface area (Å²) in [4.78, 5) is 0. The number of benzene rings is 1. The molecule has 0 aliphatic rings. The third kappa shape index (κ3) is 2.28. The zero-order chi connectivity index (χ0) is 13.3. The highest BCUT2D eigenvalue weighted by molar-refractivity contribution is 6.31. The van der Waals surface area contributed by atoms with Crippen molar-refractivity contribution in [1.29, 1.82) is 0 Å². The second-order valence-electron chi connectivity index (χ2n) is 4.50. The van der Waals surface area contributed by atoms with Gasteiger partial charge in [0, 0.05) is 6.04 Å². The Balaban J connectivity index is 2.37. The predicted octanol–water partition coefficient (Wildman–Crippen LogP) is 3.55. The molecule has 1 aromatic carbocycles. The van der Waals surface area contributed by atoms with Gasteiger partial charge in [-0.05, 0) is 38.0 Å². The van der Waals surface area contributed by atoms with Crippen LogP contribution in [0.15, 0.2) is 24.3 Å². The quantitative estimate of drug-likeness (QED) is 0.920. The maximum Gasteiger partial charge on any atom is 0.0848 e. The smallest absolute Gasteiger partial charge is 0.0848 e. The van der Waals surface area contributed by atoms with Crippen LogP contribution < -0.4 is 5.73 Å². The summed E-state index contributed by atoms with van der Waals surface area (Å²) in [6.07, 6.45) is 0.936. The van der Waals surface area contributed by atoms with Crippen molar-refractivity contribution in [2.45, 2.75) is 33.2 Å². The van der Waals surface area contributed by atoms with Crippen LogP contribution in [0.3, 0.4) is 0 Å². The molecular weight excluding hydrogens is 246 g/mol. The fourth-order valence-corrected chi connectivity index (χ4v) is 2.09. The molecule has 0 saturated carbocycles. The Hall–Kier alpha value is -1.32. The van der Waals surface area contributed by atoms with Crippen molar-refractivity contribution < 1.29 is 0 Å². The number of nitrogens with zero attached hydrogens (tertiary/aromatic N) is 2. The van der Waals surface area contributed by atoms with Crippen LogP contribution in [0.25, 0.3) is 5.69 Å². The number of aromatic nitrogens is 2. The van der Waals surface area contributed by atoms with Crippen molar-refractivity contribution in [3.8, 4) is 5.69 Å². The van der Waals surface area contributed by atoms with Crippen LogP contribution in [0, 0.1) is 13.8 Å². The van der Waals surface area contributed by atoms with Crippen LogP contribution in [-0.4, -0.2) is 9.78 Å². The van der Waals surface area contributed by atoms with Crippen molar-refractivity contribution in [3.63, 3.8) is 0 Å².